The van der Waals surface area contributed by atoms with Crippen molar-refractivity contribution < 1.29 is 0 Å². The molecule has 2 heterocycles. The Kier molecular flexibility index (Phi) is 1.52. The number of nitriles is 1. The van der Waals surface area contributed by atoms with Gasteiger partial charge in [-0.05, 0) is 13.0 Å². The van der Waals surface area contributed by atoms with Crippen LogP contribution in [0.1, 0.15) is 11.3 Å². The van der Waals surface area contributed by atoms with Crippen LogP contribution < -0.4 is 0 Å². The van der Waals surface area contributed by atoms with Crippen molar-refractivity contribution in [3.05, 3.63) is 23.5 Å². The van der Waals surface area contributed by atoms with E-state index in [2.05, 4.69) is 16.2 Å². The standard InChI is InChI=1S/C9H8N4/c1-6-3-7(4-10)8-5-11-13(2)9(8)12-6/h3,5H,1-2H3. The Morgan fingerprint density at radius 3 is 3.00 bits per heavy atom. The highest BCUT2D eigenvalue weighted by molar-refractivity contribution is 5.81. The highest BCUT2D eigenvalue weighted by Gasteiger charge is 2.06. The van der Waals surface area contributed by atoms with Gasteiger partial charge >= 0.3 is 0 Å². The molecule has 0 radical (unpaired) electrons. The second-order valence-electron chi connectivity index (χ2n) is 2.93. The summed E-state index contributed by atoms with van der Waals surface area (Å²) >= 11 is 0. The molecule has 0 fully saturated rings. The van der Waals surface area contributed by atoms with Gasteiger partial charge in [-0.2, -0.15) is 10.4 Å². The van der Waals surface area contributed by atoms with Crippen molar-refractivity contribution >= 4 is 11.0 Å². The first kappa shape index (κ1) is 7.74. The zero-order chi connectivity index (χ0) is 9.42. The molecule has 0 aliphatic heterocycles. The number of hydrogen-bond acceptors (Lipinski definition) is 3. The number of rotatable bonds is 0. The van der Waals surface area contributed by atoms with Crippen LogP contribution in [-0.4, -0.2) is 14.8 Å². The maximum absolute atomic E-state index is 8.85. The lowest BCUT2D eigenvalue weighted by atomic mass is 10.2. The molecule has 0 unspecified atom stereocenters. The number of aryl methyl sites for hydroxylation is 2. The van der Waals surface area contributed by atoms with E-state index in [0.717, 1.165) is 16.7 Å². The van der Waals surface area contributed by atoms with Crippen molar-refractivity contribution in [2.75, 3.05) is 0 Å². The molecule has 2 aromatic rings. The van der Waals surface area contributed by atoms with E-state index in [0.29, 0.717) is 5.56 Å². The molecule has 0 N–H and O–H groups in total. The smallest absolute Gasteiger partial charge is 0.159 e. The molecule has 64 valence electrons. The third-order valence-corrected chi connectivity index (χ3v) is 1.95. The SMILES string of the molecule is Cc1cc(C#N)c2cnn(C)c2n1. The quantitative estimate of drug-likeness (QED) is 0.599. The number of fused-ring (bicyclic) bond motifs is 1. The molecule has 0 atom stereocenters. The number of hydrogen-bond donors (Lipinski definition) is 0. The van der Waals surface area contributed by atoms with Crippen LogP contribution in [0.3, 0.4) is 0 Å². The van der Waals surface area contributed by atoms with E-state index < -0.39 is 0 Å². The summed E-state index contributed by atoms with van der Waals surface area (Å²) in [5, 5.41) is 13.7. The van der Waals surface area contributed by atoms with Crippen molar-refractivity contribution in [1.29, 1.82) is 5.26 Å². The predicted octanol–water partition coefficient (Wildman–Crippen LogP) is 1.15. The Labute approximate surface area is 75.4 Å². The second kappa shape index (κ2) is 2.56. The Bertz CT molecular complexity index is 504. The molecule has 4 nitrogen and oxygen atoms in total. The number of aromatic nitrogens is 3. The Morgan fingerprint density at radius 1 is 1.54 bits per heavy atom. The first-order valence-electron chi connectivity index (χ1n) is 3.92. The molecular weight excluding hydrogens is 164 g/mol. The molecular formula is C9H8N4. The van der Waals surface area contributed by atoms with Gasteiger partial charge in [-0.1, -0.05) is 0 Å². The first-order chi connectivity index (χ1) is 6.22. The Balaban J connectivity index is 2.94. The third-order valence-electron chi connectivity index (χ3n) is 1.95. The van der Waals surface area contributed by atoms with Gasteiger partial charge in [0.05, 0.1) is 17.1 Å². The summed E-state index contributed by atoms with van der Waals surface area (Å²) in [7, 11) is 1.82. The lowest BCUT2D eigenvalue weighted by Crippen LogP contribution is -1.93. The van der Waals surface area contributed by atoms with Gasteiger partial charge in [0.1, 0.15) is 6.07 Å². The fourth-order valence-corrected chi connectivity index (χ4v) is 1.33. The maximum Gasteiger partial charge on any atom is 0.159 e. The van der Waals surface area contributed by atoms with Gasteiger partial charge in [0.2, 0.25) is 0 Å². The average Bonchev–Trinajstić information content (AvgIpc) is 2.47. The highest BCUT2D eigenvalue weighted by Crippen LogP contribution is 2.15. The second-order valence-corrected chi connectivity index (χ2v) is 2.93. The minimum Gasteiger partial charge on any atom is -0.250 e. The molecule has 0 aliphatic carbocycles. The molecule has 4 heteroatoms. The summed E-state index contributed by atoms with van der Waals surface area (Å²) in [6.07, 6.45) is 1.67. The van der Waals surface area contributed by atoms with E-state index in [9.17, 15) is 0 Å². The molecule has 0 spiro atoms. The fourth-order valence-electron chi connectivity index (χ4n) is 1.33. The van der Waals surface area contributed by atoms with E-state index in [-0.39, 0.29) is 0 Å². The zero-order valence-electron chi connectivity index (χ0n) is 7.44. The van der Waals surface area contributed by atoms with Crippen molar-refractivity contribution in [2.24, 2.45) is 7.05 Å². The van der Waals surface area contributed by atoms with Gasteiger partial charge in [-0.25, -0.2) is 4.98 Å². The van der Waals surface area contributed by atoms with E-state index >= 15 is 0 Å². The van der Waals surface area contributed by atoms with Gasteiger partial charge < -0.3 is 0 Å². The van der Waals surface area contributed by atoms with Crippen LogP contribution >= 0.6 is 0 Å². The summed E-state index contributed by atoms with van der Waals surface area (Å²) in [4.78, 5) is 4.29. The van der Waals surface area contributed by atoms with Gasteiger partial charge in [-0.15, -0.1) is 0 Å². The van der Waals surface area contributed by atoms with Crippen molar-refractivity contribution in [1.82, 2.24) is 14.8 Å². The fraction of sp³-hybridized carbons (Fsp3) is 0.222. The van der Waals surface area contributed by atoms with Gasteiger partial charge in [0, 0.05) is 12.7 Å². The van der Waals surface area contributed by atoms with Crippen LogP contribution in [0.5, 0.6) is 0 Å². The Morgan fingerprint density at radius 2 is 2.31 bits per heavy atom. The van der Waals surface area contributed by atoms with Crippen LogP contribution in [0.4, 0.5) is 0 Å². The Hall–Kier alpha value is -1.89. The molecule has 2 rings (SSSR count). The maximum atomic E-state index is 8.85. The summed E-state index contributed by atoms with van der Waals surface area (Å²) in [6, 6.07) is 3.90. The normalized spacial score (nSPS) is 10.2. The lowest BCUT2D eigenvalue weighted by molar-refractivity contribution is 0.785. The van der Waals surface area contributed by atoms with E-state index in [1.54, 1.807) is 16.9 Å². The van der Waals surface area contributed by atoms with Crippen LogP contribution in [-0.2, 0) is 7.05 Å². The molecule has 0 saturated heterocycles. The van der Waals surface area contributed by atoms with Crippen LogP contribution in [0.15, 0.2) is 12.3 Å². The van der Waals surface area contributed by atoms with Gasteiger partial charge in [-0.3, -0.25) is 4.68 Å². The summed E-state index contributed by atoms with van der Waals surface area (Å²) in [5.41, 5.74) is 2.24. The number of pyridine rings is 1. The third kappa shape index (κ3) is 1.05. The van der Waals surface area contributed by atoms with E-state index in [1.165, 1.54) is 0 Å². The topological polar surface area (TPSA) is 54.5 Å². The minimum atomic E-state index is 0.635. The van der Waals surface area contributed by atoms with E-state index in [4.69, 9.17) is 5.26 Å². The molecule has 13 heavy (non-hydrogen) atoms. The lowest BCUT2D eigenvalue weighted by Gasteiger charge is -1.96. The summed E-state index contributed by atoms with van der Waals surface area (Å²) in [5.74, 6) is 0. The van der Waals surface area contributed by atoms with Crippen LogP contribution in [0, 0.1) is 18.3 Å². The van der Waals surface area contributed by atoms with Crippen molar-refractivity contribution in [3.63, 3.8) is 0 Å². The number of nitrogens with zero attached hydrogens (tertiary/aromatic N) is 4. The molecule has 0 bridgehead atoms. The molecule has 0 saturated carbocycles. The molecule has 0 aromatic carbocycles. The van der Waals surface area contributed by atoms with Crippen LogP contribution in [0.25, 0.3) is 11.0 Å². The predicted molar refractivity (Wildman–Crippen MR) is 48.0 cm³/mol. The van der Waals surface area contributed by atoms with E-state index in [1.807, 2.05) is 14.0 Å². The van der Waals surface area contributed by atoms with Gasteiger partial charge in [0.15, 0.2) is 5.65 Å². The summed E-state index contributed by atoms with van der Waals surface area (Å²) < 4.78 is 1.67. The molecule has 2 aromatic heterocycles. The van der Waals surface area contributed by atoms with Crippen molar-refractivity contribution in [3.8, 4) is 6.07 Å². The van der Waals surface area contributed by atoms with Crippen molar-refractivity contribution in [2.45, 2.75) is 6.92 Å². The monoisotopic (exact) mass is 172 g/mol. The molecule has 0 amide bonds. The first-order valence-corrected chi connectivity index (χ1v) is 3.92. The van der Waals surface area contributed by atoms with Gasteiger partial charge in [0.25, 0.3) is 0 Å². The molecule has 0 aliphatic rings. The summed E-state index contributed by atoms with van der Waals surface area (Å²) in [6.45, 7) is 1.87. The average molecular weight is 172 g/mol. The largest absolute Gasteiger partial charge is 0.250 e. The van der Waals surface area contributed by atoms with Crippen LogP contribution in [0.2, 0.25) is 0 Å². The highest BCUT2D eigenvalue weighted by atomic mass is 15.3. The zero-order valence-corrected chi connectivity index (χ0v) is 7.44. The minimum absolute atomic E-state index is 0.635.